The Morgan fingerprint density at radius 3 is 2.82 bits per heavy atom. The molecule has 1 aliphatic carbocycles. The van der Waals surface area contributed by atoms with Crippen LogP contribution < -0.4 is 10.6 Å². The molecule has 0 aromatic carbocycles. The first-order chi connectivity index (χ1) is 8.34. The molecule has 0 bridgehead atoms. The molecule has 0 radical (unpaired) electrons. The average molecular weight is 240 g/mol. The molecular weight excluding hydrogens is 216 g/mol. The molecule has 4 heteroatoms. The second kappa shape index (κ2) is 6.97. The van der Waals surface area contributed by atoms with Gasteiger partial charge in [0.25, 0.3) is 0 Å². The summed E-state index contributed by atoms with van der Waals surface area (Å²) in [7, 11) is 0. The number of carbonyl (C=O) groups is 1. The van der Waals surface area contributed by atoms with Gasteiger partial charge in [-0.1, -0.05) is 19.3 Å². The minimum Gasteiger partial charge on any atom is -0.378 e. The van der Waals surface area contributed by atoms with E-state index in [1.807, 2.05) is 0 Å². The van der Waals surface area contributed by atoms with Crippen molar-refractivity contribution in [3.63, 3.8) is 0 Å². The first-order valence-corrected chi connectivity index (χ1v) is 6.92. The lowest BCUT2D eigenvalue weighted by molar-refractivity contribution is -0.122. The van der Waals surface area contributed by atoms with Crippen LogP contribution in [0, 0.1) is 5.92 Å². The summed E-state index contributed by atoms with van der Waals surface area (Å²) in [6.07, 6.45) is 7.15. The number of carbonyl (C=O) groups excluding carboxylic acids is 1. The summed E-state index contributed by atoms with van der Waals surface area (Å²) in [5.74, 6) is 0.877. The zero-order valence-corrected chi connectivity index (χ0v) is 10.5. The highest BCUT2D eigenvalue weighted by atomic mass is 16.5. The van der Waals surface area contributed by atoms with Crippen LogP contribution in [0.15, 0.2) is 0 Å². The molecule has 1 unspecified atom stereocenters. The molecule has 4 nitrogen and oxygen atoms in total. The van der Waals surface area contributed by atoms with E-state index in [0.29, 0.717) is 18.9 Å². The molecule has 2 aliphatic rings. The molecule has 1 aliphatic heterocycles. The summed E-state index contributed by atoms with van der Waals surface area (Å²) in [5, 5.41) is 6.37. The van der Waals surface area contributed by atoms with Crippen LogP contribution in [0.5, 0.6) is 0 Å². The van der Waals surface area contributed by atoms with Gasteiger partial charge in [0.2, 0.25) is 5.91 Å². The quantitative estimate of drug-likeness (QED) is 0.772. The Kier molecular flexibility index (Phi) is 5.26. The minimum absolute atomic E-state index is 0.165. The number of ether oxygens (including phenoxy) is 1. The van der Waals surface area contributed by atoms with Gasteiger partial charge in [0.05, 0.1) is 13.2 Å². The Hall–Kier alpha value is -0.610. The Labute approximate surface area is 103 Å². The molecule has 98 valence electrons. The monoisotopic (exact) mass is 240 g/mol. The van der Waals surface area contributed by atoms with Crippen LogP contribution >= 0.6 is 0 Å². The Morgan fingerprint density at radius 1 is 1.29 bits per heavy atom. The van der Waals surface area contributed by atoms with Gasteiger partial charge in [-0.2, -0.15) is 0 Å². The predicted molar refractivity (Wildman–Crippen MR) is 66.8 cm³/mol. The first-order valence-electron chi connectivity index (χ1n) is 6.92. The molecule has 2 fully saturated rings. The van der Waals surface area contributed by atoms with Gasteiger partial charge < -0.3 is 15.4 Å². The Balaban J connectivity index is 1.59. The highest BCUT2D eigenvalue weighted by Gasteiger charge is 2.18. The van der Waals surface area contributed by atoms with Gasteiger partial charge in [-0.3, -0.25) is 4.79 Å². The second-order valence-electron chi connectivity index (χ2n) is 5.24. The minimum atomic E-state index is 0.165. The van der Waals surface area contributed by atoms with Crippen molar-refractivity contribution < 1.29 is 9.53 Å². The van der Waals surface area contributed by atoms with Gasteiger partial charge >= 0.3 is 0 Å². The second-order valence-corrected chi connectivity index (χ2v) is 5.24. The van der Waals surface area contributed by atoms with E-state index in [9.17, 15) is 4.79 Å². The Bertz CT molecular complexity index is 234. The standard InChI is InChI=1S/C13H24N2O2/c16-13(8-12-10-17-7-6-14-12)15-9-11-4-2-1-3-5-11/h11-12,14H,1-10H2,(H,15,16). The van der Waals surface area contributed by atoms with Crippen molar-refractivity contribution in [2.45, 2.75) is 44.6 Å². The van der Waals surface area contributed by atoms with Gasteiger partial charge in [0, 0.05) is 25.6 Å². The number of rotatable bonds is 4. The van der Waals surface area contributed by atoms with Crippen molar-refractivity contribution in [1.29, 1.82) is 0 Å². The van der Waals surface area contributed by atoms with Crippen LogP contribution in [0.3, 0.4) is 0 Å². The molecule has 0 aromatic rings. The average Bonchev–Trinajstić information content (AvgIpc) is 2.39. The normalized spacial score (nSPS) is 26.7. The summed E-state index contributed by atoms with van der Waals surface area (Å²) in [5.41, 5.74) is 0. The van der Waals surface area contributed by atoms with Crippen LogP contribution in [0.4, 0.5) is 0 Å². The SMILES string of the molecule is O=C(CC1COCCN1)NCC1CCCCC1. The summed E-state index contributed by atoms with van der Waals surface area (Å²) >= 11 is 0. The maximum absolute atomic E-state index is 11.7. The number of nitrogens with one attached hydrogen (secondary N) is 2. The van der Waals surface area contributed by atoms with E-state index in [4.69, 9.17) is 4.74 Å². The van der Waals surface area contributed by atoms with Gasteiger partial charge in [-0.05, 0) is 18.8 Å². The zero-order valence-electron chi connectivity index (χ0n) is 10.5. The first kappa shape index (κ1) is 12.8. The van der Waals surface area contributed by atoms with E-state index in [0.717, 1.165) is 19.7 Å². The molecule has 1 heterocycles. The summed E-state index contributed by atoms with van der Waals surface area (Å²) in [6, 6.07) is 0.204. The van der Waals surface area contributed by atoms with Crippen LogP contribution in [0.2, 0.25) is 0 Å². The fourth-order valence-electron chi connectivity index (χ4n) is 2.70. The van der Waals surface area contributed by atoms with E-state index in [2.05, 4.69) is 10.6 Å². The lowest BCUT2D eigenvalue weighted by Crippen LogP contribution is -2.44. The van der Waals surface area contributed by atoms with E-state index >= 15 is 0 Å². The van der Waals surface area contributed by atoms with Crippen molar-refractivity contribution in [1.82, 2.24) is 10.6 Å². The zero-order chi connectivity index (χ0) is 11.9. The van der Waals surface area contributed by atoms with Crippen LogP contribution in [-0.2, 0) is 9.53 Å². The van der Waals surface area contributed by atoms with Gasteiger partial charge in [-0.25, -0.2) is 0 Å². The summed E-state index contributed by atoms with van der Waals surface area (Å²) < 4.78 is 5.33. The van der Waals surface area contributed by atoms with Gasteiger partial charge in [0.15, 0.2) is 0 Å². The molecule has 17 heavy (non-hydrogen) atoms. The number of morpholine rings is 1. The molecular formula is C13H24N2O2. The van der Waals surface area contributed by atoms with Crippen LogP contribution in [0.1, 0.15) is 38.5 Å². The third kappa shape index (κ3) is 4.64. The van der Waals surface area contributed by atoms with Crippen molar-refractivity contribution >= 4 is 5.91 Å². The summed E-state index contributed by atoms with van der Waals surface area (Å²) in [6.45, 7) is 3.16. The maximum Gasteiger partial charge on any atom is 0.221 e. The van der Waals surface area contributed by atoms with E-state index in [1.165, 1.54) is 32.1 Å². The third-order valence-corrected chi connectivity index (χ3v) is 3.74. The molecule has 0 spiro atoms. The fraction of sp³-hybridized carbons (Fsp3) is 0.923. The molecule has 0 aromatic heterocycles. The van der Waals surface area contributed by atoms with Gasteiger partial charge in [-0.15, -0.1) is 0 Å². The van der Waals surface area contributed by atoms with E-state index < -0.39 is 0 Å². The number of amides is 1. The highest BCUT2D eigenvalue weighted by Crippen LogP contribution is 2.22. The Morgan fingerprint density at radius 2 is 2.12 bits per heavy atom. The lowest BCUT2D eigenvalue weighted by atomic mass is 9.89. The van der Waals surface area contributed by atoms with E-state index in [1.54, 1.807) is 0 Å². The smallest absolute Gasteiger partial charge is 0.221 e. The predicted octanol–water partition coefficient (Wildman–Crippen LogP) is 1.06. The maximum atomic E-state index is 11.7. The molecule has 1 atom stereocenters. The number of hydrogen-bond donors (Lipinski definition) is 2. The van der Waals surface area contributed by atoms with Crippen molar-refractivity contribution in [3.05, 3.63) is 0 Å². The lowest BCUT2D eigenvalue weighted by Gasteiger charge is -2.25. The fourth-order valence-corrected chi connectivity index (χ4v) is 2.70. The number of hydrogen-bond acceptors (Lipinski definition) is 3. The van der Waals surface area contributed by atoms with Crippen molar-refractivity contribution in [2.75, 3.05) is 26.3 Å². The van der Waals surface area contributed by atoms with Crippen LogP contribution in [0.25, 0.3) is 0 Å². The van der Waals surface area contributed by atoms with Crippen LogP contribution in [-0.4, -0.2) is 38.3 Å². The third-order valence-electron chi connectivity index (χ3n) is 3.74. The van der Waals surface area contributed by atoms with E-state index in [-0.39, 0.29) is 11.9 Å². The molecule has 2 rings (SSSR count). The molecule has 2 N–H and O–H groups in total. The molecule has 1 saturated carbocycles. The van der Waals surface area contributed by atoms with Crippen molar-refractivity contribution in [2.24, 2.45) is 5.92 Å². The largest absolute Gasteiger partial charge is 0.378 e. The summed E-state index contributed by atoms with van der Waals surface area (Å²) in [4.78, 5) is 11.7. The van der Waals surface area contributed by atoms with Crippen molar-refractivity contribution in [3.8, 4) is 0 Å². The molecule has 1 saturated heterocycles. The molecule has 1 amide bonds. The highest BCUT2D eigenvalue weighted by molar-refractivity contribution is 5.76. The topological polar surface area (TPSA) is 50.4 Å². The van der Waals surface area contributed by atoms with Gasteiger partial charge in [0.1, 0.15) is 0 Å².